The normalized spacial score (nSPS) is 24.8. The number of carbonyl (C=O) groups is 1. The van der Waals surface area contributed by atoms with Gasteiger partial charge in [-0.1, -0.05) is 15.9 Å². The van der Waals surface area contributed by atoms with Crippen molar-refractivity contribution in [2.24, 2.45) is 0 Å². The summed E-state index contributed by atoms with van der Waals surface area (Å²) in [5, 5.41) is 3.25. The summed E-state index contributed by atoms with van der Waals surface area (Å²) in [5.74, 6) is 0.306. The number of amides is 1. The van der Waals surface area contributed by atoms with Gasteiger partial charge in [0.05, 0.1) is 0 Å². The summed E-state index contributed by atoms with van der Waals surface area (Å²) in [6, 6.07) is 0. The first-order chi connectivity index (χ1) is 6.22. The second-order valence-electron chi connectivity index (χ2n) is 3.86. The van der Waals surface area contributed by atoms with Crippen LogP contribution >= 0.6 is 28.3 Å². The zero-order valence-electron chi connectivity index (χ0n) is 8.09. The smallest absolute Gasteiger partial charge is 0.239 e. The van der Waals surface area contributed by atoms with Crippen molar-refractivity contribution >= 4 is 34.2 Å². The zero-order valence-corrected chi connectivity index (χ0v) is 10.5. The minimum atomic E-state index is -0.190. The minimum absolute atomic E-state index is 0. The van der Waals surface area contributed by atoms with Crippen molar-refractivity contribution in [3.63, 3.8) is 0 Å². The molecule has 82 valence electrons. The molecule has 1 N–H and O–H groups in total. The molecule has 0 atom stereocenters. The van der Waals surface area contributed by atoms with E-state index < -0.39 is 0 Å². The van der Waals surface area contributed by atoms with Gasteiger partial charge < -0.3 is 10.2 Å². The summed E-state index contributed by atoms with van der Waals surface area (Å²) in [7, 11) is 0. The average molecular weight is 284 g/mol. The van der Waals surface area contributed by atoms with Crippen molar-refractivity contribution in [2.45, 2.75) is 23.6 Å². The monoisotopic (exact) mass is 282 g/mol. The molecule has 2 rings (SSSR count). The molecule has 0 radical (unpaired) electrons. The van der Waals surface area contributed by atoms with Crippen LogP contribution in [0.15, 0.2) is 0 Å². The Hall–Kier alpha value is 0.200. The van der Waals surface area contributed by atoms with E-state index >= 15 is 0 Å². The van der Waals surface area contributed by atoms with Gasteiger partial charge in [-0.3, -0.25) is 4.79 Å². The van der Waals surface area contributed by atoms with Crippen LogP contribution in [-0.4, -0.2) is 41.3 Å². The fourth-order valence-corrected chi connectivity index (χ4v) is 2.66. The van der Waals surface area contributed by atoms with Crippen molar-refractivity contribution in [3.8, 4) is 0 Å². The molecule has 1 aliphatic carbocycles. The van der Waals surface area contributed by atoms with E-state index in [1.54, 1.807) is 0 Å². The molecule has 0 unspecified atom stereocenters. The summed E-state index contributed by atoms with van der Waals surface area (Å²) in [6.45, 7) is 3.61. The fraction of sp³-hybridized carbons (Fsp3) is 0.889. The van der Waals surface area contributed by atoms with E-state index in [2.05, 4.69) is 21.2 Å². The Kier molecular flexibility index (Phi) is 4.22. The Bertz CT molecular complexity index is 215. The quantitative estimate of drug-likeness (QED) is 0.733. The molecule has 1 aliphatic heterocycles. The maximum absolute atomic E-state index is 12.0. The third-order valence-electron chi connectivity index (χ3n) is 2.93. The number of piperazine rings is 1. The molecular weight excluding hydrogens is 267 g/mol. The van der Waals surface area contributed by atoms with E-state index in [4.69, 9.17) is 0 Å². The van der Waals surface area contributed by atoms with Crippen LogP contribution in [0.25, 0.3) is 0 Å². The van der Waals surface area contributed by atoms with E-state index in [1.807, 2.05) is 4.90 Å². The van der Waals surface area contributed by atoms with Gasteiger partial charge in [0, 0.05) is 26.2 Å². The van der Waals surface area contributed by atoms with Crippen LogP contribution in [0.4, 0.5) is 0 Å². The standard InChI is InChI=1S/C9H15BrN2O.ClH/c10-9(2-1-3-9)8(13)12-6-4-11-5-7-12;/h11H,1-7H2;1H. The molecule has 1 heterocycles. The van der Waals surface area contributed by atoms with Crippen LogP contribution in [0.1, 0.15) is 19.3 Å². The number of nitrogens with zero attached hydrogens (tertiary/aromatic N) is 1. The van der Waals surface area contributed by atoms with Gasteiger partial charge in [0.15, 0.2) is 0 Å². The van der Waals surface area contributed by atoms with Crippen LogP contribution < -0.4 is 5.32 Å². The van der Waals surface area contributed by atoms with E-state index in [1.165, 1.54) is 6.42 Å². The first-order valence-corrected chi connectivity index (χ1v) is 5.71. The maximum Gasteiger partial charge on any atom is 0.239 e. The van der Waals surface area contributed by atoms with Crippen LogP contribution in [-0.2, 0) is 4.79 Å². The van der Waals surface area contributed by atoms with E-state index in [9.17, 15) is 4.79 Å². The van der Waals surface area contributed by atoms with Crippen molar-refractivity contribution in [3.05, 3.63) is 0 Å². The number of carbonyl (C=O) groups excluding carboxylic acids is 1. The number of nitrogens with one attached hydrogen (secondary N) is 1. The van der Waals surface area contributed by atoms with Crippen molar-refractivity contribution in [2.75, 3.05) is 26.2 Å². The molecule has 1 saturated heterocycles. The van der Waals surface area contributed by atoms with Gasteiger partial charge >= 0.3 is 0 Å². The molecule has 3 nitrogen and oxygen atoms in total. The van der Waals surface area contributed by atoms with Crippen LogP contribution in [0.5, 0.6) is 0 Å². The predicted octanol–water partition coefficient (Wildman–Crippen LogP) is 1.16. The van der Waals surface area contributed by atoms with Gasteiger partial charge in [-0.15, -0.1) is 12.4 Å². The summed E-state index contributed by atoms with van der Waals surface area (Å²) in [6.07, 6.45) is 3.20. The molecule has 1 amide bonds. The van der Waals surface area contributed by atoms with Gasteiger partial charge in [0.2, 0.25) is 5.91 Å². The minimum Gasteiger partial charge on any atom is -0.339 e. The highest BCUT2D eigenvalue weighted by Gasteiger charge is 2.43. The fourth-order valence-electron chi connectivity index (χ4n) is 1.85. The molecule has 0 spiro atoms. The van der Waals surface area contributed by atoms with Gasteiger partial charge in [-0.05, 0) is 19.3 Å². The molecule has 0 bridgehead atoms. The van der Waals surface area contributed by atoms with Crippen molar-refractivity contribution in [1.29, 1.82) is 0 Å². The van der Waals surface area contributed by atoms with Crippen molar-refractivity contribution < 1.29 is 4.79 Å². The number of alkyl halides is 1. The molecule has 2 aliphatic rings. The number of halogens is 2. The predicted molar refractivity (Wildman–Crippen MR) is 62.2 cm³/mol. The first-order valence-electron chi connectivity index (χ1n) is 4.91. The Morgan fingerprint density at radius 1 is 1.29 bits per heavy atom. The summed E-state index contributed by atoms with van der Waals surface area (Å²) in [5.41, 5.74) is 0. The lowest BCUT2D eigenvalue weighted by molar-refractivity contribution is -0.136. The summed E-state index contributed by atoms with van der Waals surface area (Å²) in [4.78, 5) is 13.9. The third-order valence-corrected chi connectivity index (χ3v) is 4.07. The van der Waals surface area contributed by atoms with Crippen molar-refractivity contribution in [1.82, 2.24) is 10.2 Å². The SMILES string of the molecule is Cl.O=C(N1CCNCC1)C1(Br)CCC1. The summed E-state index contributed by atoms with van der Waals surface area (Å²) < 4.78 is -0.190. The lowest BCUT2D eigenvalue weighted by Gasteiger charge is -2.40. The van der Waals surface area contributed by atoms with Gasteiger partial charge in [0.25, 0.3) is 0 Å². The molecule has 1 saturated carbocycles. The van der Waals surface area contributed by atoms with Gasteiger partial charge in [0.1, 0.15) is 4.32 Å². The second-order valence-corrected chi connectivity index (χ2v) is 5.38. The molecule has 0 aromatic heterocycles. The number of hydrogen-bond acceptors (Lipinski definition) is 2. The van der Waals surface area contributed by atoms with Gasteiger partial charge in [-0.2, -0.15) is 0 Å². The molecule has 0 aromatic rings. The lowest BCUT2D eigenvalue weighted by Crippen LogP contribution is -2.54. The third kappa shape index (κ3) is 2.23. The number of rotatable bonds is 1. The first kappa shape index (κ1) is 12.3. The van der Waals surface area contributed by atoms with Crippen LogP contribution in [0.3, 0.4) is 0 Å². The molecule has 0 aromatic carbocycles. The highest BCUT2D eigenvalue weighted by molar-refractivity contribution is 9.10. The molecular formula is C9H16BrClN2O. The molecule has 2 fully saturated rings. The highest BCUT2D eigenvalue weighted by Crippen LogP contribution is 2.41. The Balaban J connectivity index is 0.000000980. The molecule has 5 heteroatoms. The lowest BCUT2D eigenvalue weighted by atomic mass is 9.84. The topological polar surface area (TPSA) is 32.3 Å². The van der Waals surface area contributed by atoms with Crippen LogP contribution in [0.2, 0.25) is 0 Å². The second kappa shape index (κ2) is 4.81. The maximum atomic E-state index is 12.0. The average Bonchev–Trinajstić information content (AvgIpc) is 2.14. The van der Waals surface area contributed by atoms with Gasteiger partial charge in [-0.25, -0.2) is 0 Å². The zero-order chi connectivity index (χ0) is 9.31. The van der Waals surface area contributed by atoms with Crippen LogP contribution in [0, 0.1) is 0 Å². The Morgan fingerprint density at radius 2 is 1.86 bits per heavy atom. The summed E-state index contributed by atoms with van der Waals surface area (Å²) >= 11 is 3.56. The Labute approximate surface area is 99.1 Å². The van der Waals surface area contributed by atoms with E-state index in [-0.39, 0.29) is 16.7 Å². The molecule has 14 heavy (non-hydrogen) atoms. The van der Waals surface area contributed by atoms with E-state index in [0.717, 1.165) is 39.0 Å². The van der Waals surface area contributed by atoms with E-state index in [0.29, 0.717) is 5.91 Å². The highest BCUT2D eigenvalue weighted by atomic mass is 79.9. The largest absolute Gasteiger partial charge is 0.339 e. The Morgan fingerprint density at radius 3 is 2.29 bits per heavy atom. The number of hydrogen-bond donors (Lipinski definition) is 1.